The van der Waals surface area contributed by atoms with Crippen molar-refractivity contribution in [2.24, 2.45) is 0 Å². The maximum atomic E-state index is 12.2. The van der Waals surface area contributed by atoms with Crippen LogP contribution in [-0.4, -0.2) is 32.9 Å². The predicted molar refractivity (Wildman–Crippen MR) is 86.4 cm³/mol. The number of nitrogens with one attached hydrogen (secondary N) is 2. The van der Waals surface area contributed by atoms with E-state index in [-0.39, 0.29) is 17.4 Å². The van der Waals surface area contributed by atoms with Crippen LogP contribution < -0.4 is 10.0 Å². The zero-order valence-corrected chi connectivity index (χ0v) is 14.3. The molecular formula is C15H22N2O5S. The lowest BCUT2D eigenvalue weighted by Crippen LogP contribution is -2.39. The van der Waals surface area contributed by atoms with Crippen molar-refractivity contribution >= 4 is 27.6 Å². The van der Waals surface area contributed by atoms with Crippen LogP contribution in [0.1, 0.15) is 33.6 Å². The van der Waals surface area contributed by atoms with Crippen LogP contribution in [-0.2, 0) is 24.3 Å². The van der Waals surface area contributed by atoms with Crippen LogP contribution in [0.3, 0.4) is 0 Å². The van der Waals surface area contributed by atoms with Crippen molar-refractivity contribution in [3.63, 3.8) is 0 Å². The van der Waals surface area contributed by atoms with Crippen LogP contribution in [0.5, 0.6) is 0 Å². The first-order chi connectivity index (χ1) is 10.8. The van der Waals surface area contributed by atoms with E-state index in [0.717, 1.165) is 12.8 Å². The van der Waals surface area contributed by atoms with Gasteiger partial charge in [0, 0.05) is 12.6 Å². The number of benzene rings is 1. The van der Waals surface area contributed by atoms with E-state index in [1.807, 2.05) is 6.92 Å². The van der Waals surface area contributed by atoms with Crippen LogP contribution in [0, 0.1) is 0 Å². The summed E-state index contributed by atoms with van der Waals surface area (Å²) in [6.45, 7) is 5.02. The van der Waals surface area contributed by atoms with Gasteiger partial charge in [0.2, 0.25) is 15.9 Å². The summed E-state index contributed by atoms with van der Waals surface area (Å²) >= 11 is 0. The zero-order valence-electron chi connectivity index (χ0n) is 13.5. The third-order valence-corrected chi connectivity index (χ3v) is 4.47. The van der Waals surface area contributed by atoms with Gasteiger partial charge in [0.1, 0.15) is 6.04 Å². The molecular weight excluding hydrogens is 320 g/mol. The minimum atomic E-state index is -3.84. The molecule has 0 aromatic heterocycles. The fourth-order valence-corrected chi connectivity index (χ4v) is 2.90. The molecule has 1 aromatic carbocycles. The molecule has 0 aliphatic heterocycles. The number of carbonyl (C=O) groups is 2. The first-order valence-corrected chi connectivity index (χ1v) is 8.81. The zero-order chi connectivity index (χ0) is 17.5. The molecule has 0 unspecified atom stereocenters. The number of anilines is 1. The second-order valence-electron chi connectivity index (χ2n) is 5.07. The van der Waals surface area contributed by atoms with Gasteiger partial charge in [-0.2, -0.15) is 4.72 Å². The smallest absolute Gasteiger partial charge is 0.323 e. The highest BCUT2D eigenvalue weighted by Gasteiger charge is 2.23. The Bertz CT molecular complexity index is 640. The number of hydrogen-bond donors (Lipinski definition) is 2. The lowest BCUT2D eigenvalue weighted by atomic mass is 10.3. The third kappa shape index (κ3) is 6.37. The minimum absolute atomic E-state index is 0.000176. The molecule has 0 bridgehead atoms. The van der Waals surface area contributed by atoms with E-state index in [0.29, 0.717) is 5.69 Å². The number of rotatable bonds is 8. The summed E-state index contributed by atoms with van der Waals surface area (Å²) in [5, 5.41) is 2.54. The van der Waals surface area contributed by atoms with Crippen molar-refractivity contribution in [1.82, 2.24) is 4.72 Å². The molecule has 0 spiro atoms. The molecule has 0 fully saturated rings. The summed E-state index contributed by atoms with van der Waals surface area (Å²) in [5.41, 5.74) is 0.489. The van der Waals surface area contributed by atoms with Gasteiger partial charge in [-0.1, -0.05) is 13.3 Å². The van der Waals surface area contributed by atoms with Gasteiger partial charge in [-0.05, 0) is 37.6 Å². The Morgan fingerprint density at radius 1 is 1.22 bits per heavy atom. The second-order valence-corrected chi connectivity index (χ2v) is 6.78. The second kappa shape index (κ2) is 8.64. The summed E-state index contributed by atoms with van der Waals surface area (Å²) in [7, 11) is -3.84. The molecule has 0 saturated heterocycles. The highest BCUT2D eigenvalue weighted by Crippen LogP contribution is 2.14. The molecule has 0 heterocycles. The molecule has 7 nitrogen and oxygen atoms in total. The van der Waals surface area contributed by atoms with E-state index < -0.39 is 22.0 Å². The number of carbonyl (C=O) groups excluding carboxylic acids is 2. The summed E-state index contributed by atoms with van der Waals surface area (Å²) in [5.74, 6) is -0.862. The Labute approximate surface area is 136 Å². The van der Waals surface area contributed by atoms with E-state index in [1.165, 1.54) is 38.1 Å². The largest absolute Gasteiger partial charge is 0.465 e. The summed E-state index contributed by atoms with van der Waals surface area (Å²) in [6.07, 6.45) is 1.61. The highest BCUT2D eigenvalue weighted by atomic mass is 32.2. The van der Waals surface area contributed by atoms with Crippen molar-refractivity contribution in [1.29, 1.82) is 0 Å². The first kappa shape index (κ1) is 19.1. The molecule has 8 heteroatoms. The number of sulfonamides is 1. The standard InChI is InChI=1S/C15H22N2O5S/c1-4-5-10-22-15(19)11(2)17-23(20,21)14-8-6-13(7-9-14)16-12(3)18/h6-9,11,17H,4-5,10H2,1-3H3,(H,16,18)/t11-/m0/s1. The Morgan fingerprint density at radius 3 is 2.35 bits per heavy atom. The van der Waals surface area contributed by atoms with Crippen molar-refractivity contribution in [3.05, 3.63) is 24.3 Å². The number of unbranched alkanes of at least 4 members (excludes halogenated alkanes) is 1. The molecule has 0 aliphatic rings. The van der Waals surface area contributed by atoms with Gasteiger partial charge < -0.3 is 10.1 Å². The Balaban J connectivity index is 2.71. The van der Waals surface area contributed by atoms with E-state index in [4.69, 9.17) is 4.74 Å². The van der Waals surface area contributed by atoms with Crippen molar-refractivity contribution in [3.8, 4) is 0 Å². The summed E-state index contributed by atoms with van der Waals surface area (Å²) in [4.78, 5) is 22.6. The molecule has 1 amide bonds. The van der Waals surface area contributed by atoms with E-state index >= 15 is 0 Å². The normalized spacial score (nSPS) is 12.5. The molecule has 1 atom stereocenters. The van der Waals surface area contributed by atoms with Gasteiger partial charge in [0.25, 0.3) is 0 Å². The quantitative estimate of drug-likeness (QED) is 0.552. The summed E-state index contributed by atoms with van der Waals surface area (Å²) < 4.78 is 31.7. The van der Waals surface area contributed by atoms with Gasteiger partial charge in [-0.3, -0.25) is 9.59 Å². The first-order valence-electron chi connectivity index (χ1n) is 7.33. The SMILES string of the molecule is CCCCOC(=O)[C@H](C)NS(=O)(=O)c1ccc(NC(C)=O)cc1. The average molecular weight is 342 g/mol. The van der Waals surface area contributed by atoms with Crippen LogP contribution >= 0.6 is 0 Å². The fourth-order valence-electron chi connectivity index (χ4n) is 1.71. The van der Waals surface area contributed by atoms with Gasteiger partial charge >= 0.3 is 5.97 Å². The van der Waals surface area contributed by atoms with Gasteiger partial charge in [-0.25, -0.2) is 8.42 Å². The van der Waals surface area contributed by atoms with E-state index in [9.17, 15) is 18.0 Å². The Morgan fingerprint density at radius 2 is 1.83 bits per heavy atom. The van der Waals surface area contributed by atoms with Gasteiger partial charge in [0.15, 0.2) is 0 Å². The molecule has 0 saturated carbocycles. The monoisotopic (exact) mass is 342 g/mol. The van der Waals surface area contributed by atoms with Crippen LogP contribution in [0.4, 0.5) is 5.69 Å². The molecule has 0 radical (unpaired) electrons. The summed E-state index contributed by atoms with van der Waals surface area (Å²) in [6, 6.07) is 4.66. The molecule has 128 valence electrons. The van der Waals surface area contributed by atoms with Crippen molar-refractivity contribution < 1.29 is 22.7 Å². The third-order valence-electron chi connectivity index (χ3n) is 2.91. The van der Waals surface area contributed by atoms with Crippen molar-refractivity contribution in [2.75, 3.05) is 11.9 Å². The average Bonchev–Trinajstić information content (AvgIpc) is 2.46. The minimum Gasteiger partial charge on any atom is -0.465 e. The predicted octanol–water partition coefficient (Wildman–Crippen LogP) is 1.66. The number of esters is 1. The van der Waals surface area contributed by atoms with Crippen LogP contribution in [0.2, 0.25) is 0 Å². The van der Waals surface area contributed by atoms with E-state index in [2.05, 4.69) is 10.0 Å². The molecule has 1 rings (SSSR count). The van der Waals surface area contributed by atoms with E-state index in [1.54, 1.807) is 0 Å². The lowest BCUT2D eigenvalue weighted by molar-refractivity contribution is -0.145. The van der Waals surface area contributed by atoms with Gasteiger partial charge in [0.05, 0.1) is 11.5 Å². The Kier molecular flexibility index (Phi) is 7.18. The van der Waals surface area contributed by atoms with Gasteiger partial charge in [-0.15, -0.1) is 0 Å². The van der Waals surface area contributed by atoms with Crippen molar-refractivity contribution in [2.45, 2.75) is 44.6 Å². The molecule has 23 heavy (non-hydrogen) atoms. The topological polar surface area (TPSA) is 102 Å². The molecule has 0 aliphatic carbocycles. The Hall–Kier alpha value is -1.93. The highest BCUT2D eigenvalue weighted by molar-refractivity contribution is 7.89. The maximum absolute atomic E-state index is 12.2. The number of amides is 1. The number of ether oxygens (including phenoxy) is 1. The maximum Gasteiger partial charge on any atom is 0.323 e. The number of hydrogen-bond acceptors (Lipinski definition) is 5. The molecule has 1 aromatic rings. The fraction of sp³-hybridized carbons (Fsp3) is 0.467. The van der Waals surface area contributed by atoms with Crippen LogP contribution in [0.15, 0.2) is 29.2 Å². The van der Waals surface area contributed by atoms with Crippen LogP contribution in [0.25, 0.3) is 0 Å². The lowest BCUT2D eigenvalue weighted by Gasteiger charge is -2.14. The molecule has 2 N–H and O–H groups in total.